The van der Waals surface area contributed by atoms with Gasteiger partial charge in [-0.1, -0.05) is 13.8 Å². The largest absolute Gasteiger partial charge is 0.486 e. The molecule has 0 radical (unpaired) electrons. The first kappa shape index (κ1) is 14.2. The standard InChI is InChI=1S/C14H17NO5/c1-9(2)14(18)15(8-13(16)17)10-3-4-11-12(7-10)20-6-5-19-11/h3-4,7,9H,5-6,8H2,1-2H3,(H,16,17). The van der Waals surface area contributed by atoms with Gasteiger partial charge in [-0.2, -0.15) is 0 Å². The summed E-state index contributed by atoms with van der Waals surface area (Å²) in [6, 6.07) is 4.99. The summed E-state index contributed by atoms with van der Waals surface area (Å²) in [5.74, 6) is -0.464. The number of nitrogens with zero attached hydrogens (tertiary/aromatic N) is 1. The summed E-state index contributed by atoms with van der Waals surface area (Å²) in [5, 5.41) is 8.96. The third-order valence-corrected chi connectivity index (χ3v) is 2.89. The van der Waals surface area contributed by atoms with Crippen molar-refractivity contribution in [2.45, 2.75) is 13.8 Å². The van der Waals surface area contributed by atoms with Crippen LogP contribution in [-0.2, 0) is 9.59 Å². The highest BCUT2D eigenvalue weighted by molar-refractivity contribution is 5.98. The second kappa shape index (κ2) is 5.81. The number of ether oxygens (including phenoxy) is 2. The molecule has 108 valence electrons. The van der Waals surface area contributed by atoms with E-state index >= 15 is 0 Å². The van der Waals surface area contributed by atoms with Gasteiger partial charge in [0, 0.05) is 17.7 Å². The molecule has 0 bridgehead atoms. The summed E-state index contributed by atoms with van der Waals surface area (Å²) >= 11 is 0. The molecule has 0 aromatic heterocycles. The molecule has 6 nitrogen and oxygen atoms in total. The lowest BCUT2D eigenvalue weighted by Gasteiger charge is -2.25. The minimum Gasteiger partial charge on any atom is -0.486 e. The third kappa shape index (κ3) is 3.01. The molecule has 1 N–H and O–H groups in total. The molecule has 1 aromatic carbocycles. The van der Waals surface area contributed by atoms with E-state index in [0.29, 0.717) is 30.4 Å². The number of hydrogen-bond donors (Lipinski definition) is 1. The van der Waals surface area contributed by atoms with Crippen molar-refractivity contribution >= 4 is 17.6 Å². The van der Waals surface area contributed by atoms with E-state index in [1.807, 2.05) is 0 Å². The molecule has 0 fully saturated rings. The number of carbonyl (C=O) groups excluding carboxylic acids is 1. The van der Waals surface area contributed by atoms with Gasteiger partial charge in [0.2, 0.25) is 5.91 Å². The summed E-state index contributed by atoms with van der Waals surface area (Å²) in [6.07, 6.45) is 0. The molecule has 0 unspecified atom stereocenters. The van der Waals surface area contributed by atoms with Crippen LogP contribution in [0, 0.1) is 5.92 Å². The Bertz CT molecular complexity index is 526. The Labute approximate surface area is 116 Å². The molecule has 1 amide bonds. The summed E-state index contributed by atoms with van der Waals surface area (Å²) in [7, 11) is 0. The lowest BCUT2D eigenvalue weighted by atomic mass is 10.1. The second-order valence-corrected chi connectivity index (χ2v) is 4.80. The summed E-state index contributed by atoms with van der Waals surface area (Å²) < 4.78 is 10.9. The average Bonchev–Trinajstić information content (AvgIpc) is 2.43. The molecule has 20 heavy (non-hydrogen) atoms. The van der Waals surface area contributed by atoms with Gasteiger partial charge in [0.15, 0.2) is 11.5 Å². The fourth-order valence-electron chi connectivity index (χ4n) is 1.94. The zero-order valence-electron chi connectivity index (χ0n) is 11.5. The lowest BCUT2D eigenvalue weighted by molar-refractivity contribution is -0.137. The van der Waals surface area contributed by atoms with Gasteiger partial charge >= 0.3 is 5.97 Å². The molecule has 1 heterocycles. The minimum absolute atomic E-state index is 0.246. The number of carboxylic acids is 1. The van der Waals surface area contributed by atoms with Crippen LogP contribution < -0.4 is 14.4 Å². The zero-order valence-corrected chi connectivity index (χ0v) is 11.5. The summed E-state index contributed by atoms with van der Waals surface area (Å²) in [6.45, 7) is 4.00. The molecule has 0 spiro atoms. The molecule has 0 atom stereocenters. The van der Waals surface area contributed by atoms with Crippen molar-refractivity contribution in [2.75, 3.05) is 24.7 Å². The maximum absolute atomic E-state index is 12.1. The number of anilines is 1. The SMILES string of the molecule is CC(C)C(=O)N(CC(=O)O)c1ccc2c(c1)OCCO2. The van der Waals surface area contributed by atoms with Crippen molar-refractivity contribution in [1.82, 2.24) is 0 Å². The van der Waals surface area contributed by atoms with Crippen LogP contribution in [0.15, 0.2) is 18.2 Å². The highest BCUT2D eigenvalue weighted by Gasteiger charge is 2.23. The first-order valence-corrected chi connectivity index (χ1v) is 6.42. The first-order valence-electron chi connectivity index (χ1n) is 6.42. The molecule has 0 aliphatic carbocycles. The van der Waals surface area contributed by atoms with Crippen LogP contribution in [0.4, 0.5) is 5.69 Å². The van der Waals surface area contributed by atoms with Crippen LogP contribution in [0.5, 0.6) is 11.5 Å². The molecule has 1 aromatic rings. The summed E-state index contributed by atoms with van der Waals surface area (Å²) in [5.41, 5.74) is 0.496. The van der Waals surface area contributed by atoms with Crippen molar-refractivity contribution in [1.29, 1.82) is 0 Å². The Hall–Kier alpha value is -2.24. The molecule has 2 rings (SSSR count). The Morgan fingerprint density at radius 3 is 2.50 bits per heavy atom. The molecular weight excluding hydrogens is 262 g/mol. The number of fused-ring (bicyclic) bond motifs is 1. The summed E-state index contributed by atoms with van der Waals surface area (Å²) in [4.78, 5) is 24.3. The lowest BCUT2D eigenvalue weighted by Crippen LogP contribution is -2.38. The molecular formula is C14H17NO5. The highest BCUT2D eigenvalue weighted by atomic mass is 16.6. The minimum atomic E-state index is -1.06. The highest BCUT2D eigenvalue weighted by Crippen LogP contribution is 2.34. The number of benzene rings is 1. The van der Waals surface area contributed by atoms with Gasteiger partial charge in [0.25, 0.3) is 0 Å². The topological polar surface area (TPSA) is 76.1 Å². The van der Waals surface area contributed by atoms with Gasteiger partial charge in [0.05, 0.1) is 0 Å². The Morgan fingerprint density at radius 1 is 1.25 bits per heavy atom. The fraction of sp³-hybridized carbons (Fsp3) is 0.429. The fourth-order valence-corrected chi connectivity index (χ4v) is 1.94. The van der Waals surface area contributed by atoms with Crippen molar-refractivity contribution in [3.8, 4) is 11.5 Å². The smallest absolute Gasteiger partial charge is 0.323 e. The molecule has 1 aliphatic heterocycles. The van der Waals surface area contributed by atoms with Gasteiger partial charge in [-0.15, -0.1) is 0 Å². The van der Waals surface area contributed by atoms with Gasteiger partial charge < -0.3 is 19.5 Å². The average molecular weight is 279 g/mol. The van der Waals surface area contributed by atoms with E-state index in [1.54, 1.807) is 32.0 Å². The number of carbonyl (C=O) groups is 2. The number of carboxylic acid groups (broad SMARTS) is 1. The molecule has 1 aliphatic rings. The van der Waals surface area contributed by atoms with E-state index in [0.717, 1.165) is 0 Å². The maximum atomic E-state index is 12.1. The maximum Gasteiger partial charge on any atom is 0.323 e. The number of rotatable bonds is 4. The van der Waals surface area contributed by atoms with Crippen molar-refractivity contribution < 1.29 is 24.2 Å². The van der Waals surface area contributed by atoms with E-state index in [1.165, 1.54) is 4.90 Å². The van der Waals surface area contributed by atoms with Crippen molar-refractivity contribution in [3.05, 3.63) is 18.2 Å². The van der Waals surface area contributed by atoms with Crippen molar-refractivity contribution in [2.24, 2.45) is 5.92 Å². The Kier molecular flexibility index (Phi) is 4.12. The second-order valence-electron chi connectivity index (χ2n) is 4.80. The van der Waals surface area contributed by atoms with Gasteiger partial charge in [0.1, 0.15) is 19.8 Å². The predicted octanol–water partition coefficient (Wildman–Crippen LogP) is 1.53. The quantitative estimate of drug-likeness (QED) is 0.904. The van der Waals surface area contributed by atoms with E-state index < -0.39 is 5.97 Å². The first-order chi connectivity index (χ1) is 9.49. The molecule has 0 saturated heterocycles. The zero-order chi connectivity index (χ0) is 14.7. The van der Waals surface area contributed by atoms with E-state index in [4.69, 9.17) is 14.6 Å². The normalized spacial score (nSPS) is 13.2. The Morgan fingerprint density at radius 2 is 1.90 bits per heavy atom. The monoisotopic (exact) mass is 279 g/mol. The van der Waals surface area contributed by atoms with Crippen molar-refractivity contribution in [3.63, 3.8) is 0 Å². The van der Waals surface area contributed by atoms with Crippen LogP contribution >= 0.6 is 0 Å². The van der Waals surface area contributed by atoms with E-state index in [2.05, 4.69) is 0 Å². The third-order valence-electron chi connectivity index (χ3n) is 2.89. The molecule has 6 heteroatoms. The van der Waals surface area contributed by atoms with E-state index in [-0.39, 0.29) is 18.4 Å². The predicted molar refractivity (Wildman–Crippen MR) is 72.3 cm³/mol. The number of aliphatic carboxylic acids is 1. The Balaban J connectivity index is 2.33. The van der Waals surface area contributed by atoms with Gasteiger partial charge in [-0.25, -0.2) is 0 Å². The van der Waals surface area contributed by atoms with Crippen LogP contribution in [0.25, 0.3) is 0 Å². The van der Waals surface area contributed by atoms with Crippen LogP contribution in [0.3, 0.4) is 0 Å². The number of hydrogen-bond acceptors (Lipinski definition) is 4. The van der Waals surface area contributed by atoms with Gasteiger partial charge in [-0.3, -0.25) is 9.59 Å². The molecule has 0 saturated carbocycles. The van der Waals surface area contributed by atoms with Crippen LogP contribution in [-0.4, -0.2) is 36.7 Å². The van der Waals surface area contributed by atoms with E-state index in [9.17, 15) is 9.59 Å². The van der Waals surface area contributed by atoms with Gasteiger partial charge in [-0.05, 0) is 12.1 Å². The van der Waals surface area contributed by atoms with Crippen LogP contribution in [0.2, 0.25) is 0 Å². The number of amides is 1. The van der Waals surface area contributed by atoms with Crippen LogP contribution in [0.1, 0.15) is 13.8 Å².